The average Bonchev–Trinajstić information content (AvgIpc) is 2.56. The van der Waals surface area contributed by atoms with E-state index >= 15 is 0 Å². The van der Waals surface area contributed by atoms with Crippen molar-refractivity contribution in [2.45, 2.75) is 45.4 Å². The van der Waals surface area contributed by atoms with Gasteiger partial charge in [0.15, 0.2) is 0 Å². The van der Waals surface area contributed by atoms with E-state index in [2.05, 4.69) is 63.2 Å². The highest BCUT2D eigenvalue weighted by Gasteiger charge is 2.11. The smallest absolute Gasteiger partial charge is 0.119 e. The van der Waals surface area contributed by atoms with Crippen LogP contribution < -0.4 is 10.5 Å². The molecule has 2 nitrogen and oxygen atoms in total. The lowest BCUT2D eigenvalue weighted by Crippen LogP contribution is -2.14. The molecule has 0 aliphatic rings. The third kappa shape index (κ3) is 5.11. The molecule has 0 saturated heterocycles. The van der Waals surface area contributed by atoms with E-state index in [0.717, 1.165) is 25.2 Å². The van der Waals surface area contributed by atoms with Gasteiger partial charge in [-0.3, -0.25) is 0 Å². The fourth-order valence-corrected chi connectivity index (χ4v) is 2.93. The lowest BCUT2D eigenvalue weighted by molar-refractivity contribution is 0.301. The Balaban J connectivity index is 1.84. The van der Waals surface area contributed by atoms with Gasteiger partial charge in [0.25, 0.3) is 0 Å². The van der Waals surface area contributed by atoms with Crippen LogP contribution in [0.5, 0.6) is 5.75 Å². The van der Waals surface area contributed by atoms with Crippen molar-refractivity contribution in [3.63, 3.8) is 0 Å². The predicted octanol–water partition coefficient (Wildman–Crippen LogP) is 5.02. The first-order valence-electron chi connectivity index (χ1n) is 8.60. The Bertz CT molecular complexity index is 606. The van der Waals surface area contributed by atoms with Gasteiger partial charge in [0, 0.05) is 0 Å². The molecule has 0 bridgehead atoms. The lowest BCUT2D eigenvalue weighted by atomic mass is 9.91. The molecule has 124 valence electrons. The Morgan fingerprint density at radius 1 is 1.04 bits per heavy atom. The molecule has 0 fully saturated rings. The SMILES string of the molecule is Cc1ccccc1C(CN)CCCOc1cccc(C(C)C)c1. The van der Waals surface area contributed by atoms with Crippen molar-refractivity contribution in [3.05, 3.63) is 65.2 Å². The average molecular weight is 311 g/mol. The summed E-state index contributed by atoms with van der Waals surface area (Å²) in [5, 5.41) is 0. The van der Waals surface area contributed by atoms with Crippen molar-refractivity contribution in [1.82, 2.24) is 0 Å². The molecule has 0 heterocycles. The van der Waals surface area contributed by atoms with Crippen LogP contribution >= 0.6 is 0 Å². The normalized spacial score (nSPS) is 12.4. The zero-order chi connectivity index (χ0) is 16.7. The molecule has 0 amide bonds. The molecule has 2 rings (SSSR count). The van der Waals surface area contributed by atoms with Crippen LogP contribution in [0, 0.1) is 6.92 Å². The van der Waals surface area contributed by atoms with Crippen LogP contribution in [0.3, 0.4) is 0 Å². The predicted molar refractivity (Wildman–Crippen MR) is 98.2 cm³/mol. The van der Waals surface area contributed by atoms with E-state index in [0.29, 0.717) is 18.4 Å². The number of rotatable bonds is 8. The van der Waals surface area contributed by atoms with Crippen molar-refractivity contribution >= 4 is 0 Å². The van der Waals surface area contributed by atoms with Crippen LogP contribution in [-0.2, 0) is 0 Å². The first kappa shape index (κ1) is 17.6. The number of nitrogens with two attached hydrogens (primary N) is 1. The van der Waals surface area contributed by atoms with Crippen LogP contribution in [0.1, 0.15) is 55.2 Å². The highest BCUT2D eigenvalue weighted by atomic mass is 16.5. The highest BCUT2D eigenvalue weighted by Crippen LogP contribution is 2.24. The number of benzene rings is 2. The van der Waals surface area contributed by atoms with Gasteiger partial charge in [-0.15, -0.1) is 0 Å². The van der Waals surface area contributed by atoms with Crippen molar-refractivity contribution in [2.75, 3.05) is 13.2 Å². The van der Waals surface area contributed by atoms with Crippen molar-refractivity contribution in [1.29, 1.82) is 0 Å². The summed E-state index contributed by atoms with van der Waals surface area (Å²) in [6.07, 6.45) is 2.08. The van der Waals surface area contributed by atoms with Gasteiger partial charge in [-0.25, -0.2) is 0 Å². The van der Waals surface area contributed by atoms with Gasteiger partial charge in [-0.2, -0.15) is 0 Å². The van der Waals surface area contributed by atoms with E-state index < -0.39 is 0 Å². The van der Waals surface area contributed by atoms with Gasteiger partial charge < -0.3 is 10.5 Å². The maximum Gasteiger partial charge on any atom is 0.119 e. The first-order chi connectivity index (χ1) is 11.1. The zero-order valence-electron chi connectivity index (χ0n) is 14.6. The molecule has 2 N–H and O–H groups in total. The fraction of sp³-hybridized carbons (Fsp3) is 0.429. The summed E-state index contributed by atoms with van der Waals surface area (Å²) in [7, 11) is 0. The third-order valence-electron chi connectivity index (χ3n) is 4.40. The summed E-state index contributed by atoms with van der Waals surface area (Å²) in [5.74, 6) is 1.92. The first-order valence-corrected chi connectivity index (χ1v) is 8.60. The minimum Gasteiger partial charge on any atom is -0.494 e. The second-order valence-electron chi connectivity index (χ2n) is 6.51. The molecular weight excluding hydrogens is 282 g/mol. The summed E-state index contributed by atoms with van der Waals surface area (Å²) in [6, 6.07) is 16.9. The van der Waals surface area contributed by atoms with Gasteiger partial charge in [0.2, 0.25) is 0 Å². The van der Waals surface area contributed by atoms with Crippen LogP contribution in [0.4, 0.5) is 0 Å². The molecule has 2 aromatic carbocycles. The Hall–Kier alpha value is -1.80. The Kier molecular flexibility index (Phi) is 6.66. The molecule has 23 heavy (non-hydrogen) atoms. The molecule has 2 aromatic rings. The van der Waals surface area contributed by atoms with Crippen LogP contribution in [0.2, 0.25) is 0 Å². The maximum atomic E-state index is 5.98. The number of aryl methyl sites for hydroxylation is 1. The molecule has 0 aliphatic carbocycles. The molecule has 1 unspecified atom stereocenters. The molecule has 0 aliphatic heterocycles. The molecule has 0 saturated carbocycles. The highest BCUT2D eigenvalue weighted by molar-refractivity contribution is 5.30. The fourth-order valence-electron chi connectivity index (χ4n) is 2.93. The van der Waals surface area contributed by atoms with E-state index in [1.165, 1.54) is 16.7 Å². The van der Waals surface area contributed by atoms with Gasteiger partial charge in [-0.05, 0) is 67.0 Å². The molecule has 0 radical (unpaired) electrons. The second-order valence-corrected chi connectivity index (χ2v) is 6.51. The van der Waals surface area contributed by atoms with Crippen molar-refractivity contribution in [2.24, 2.45) is 5.73 Å². The monoisotopic (exact) mass is 311 g/mol. The van der Waals surface area contributed by atoms with E-state index in [1.807, 2.05) is 6.07 Å². The van der Waals surface area contributed by atoms with Crippen LogP contribution in [0.15, 0.2) is 48.5 Å². The minimum atomic E-state index is 0.418. The third-order valence-corrected chi connectivity index (χ3v) is 4.40. The van der Waals surface area contributed by atoms with E-state index in [1.54, 1.807) is 0 Å². The summed E-state index contributed by atoms with van der Waals surface area (Å²) in [5.41, 5.74) is 10.0. The quantitative estimate of drug-likeness (QED) is 0.695. The molecule has 2 heteroatoms. The number of hydrogen-bond acceptors (Lipinski definition) is 2. The standard InChI is InChI=1S/C21H29NO/c1-16(2)18-9-6-11-20(14-18)23-13-7-10-19(15-22)21-12-5-4-8-17(21)3/h4-6,8-9,11-12,14,16,19H,7,10,13,15,22H2,1-3H3. The molecule has 0 aromatic heterocycles. The Labute approximate surface area is 140 Å². The Morgan fingerprint density at radius 3 is 2.52 bits per heavy atom. The summed E-state index contributed by atoms with van der Waals surface area (Å²) >= 11 is 0. The van der Waals surface area contributed by atoms with Gasteiger partial charge in [0.1, 0.15) is 5.75 Å². The molecule has 0 spiro atoms. The van der Waals surface area contributed by atoms with E-state index in [9.17, 15) is 0 Å². The van der Waals surface area contributed by atoms with Crippen molar-refractivity contribution in [3.8, 4) is 5.75 Å². The van der Waals surface area contributed by atoms with E-state index in [-0.39, 0.29) is 0 Å². The van der Waals surface area contributed by atoms with E-state index in [4.69, 9.17) is 10.5 Å². The Morgan fingerprint density at radius 2 is 1.83 bits per heavy atom. The second kappa shape index (κ2) is 8.73. The largest absolute Gasteiger partial charge is 0.494 e. The van der Waals surface area contributed by atoms with Crippen LogP contribution in [-0.4, -0.2) is 13.2 Å². The van der Waals surface area contributed by atoms with Gasteiger partial charge >= 0.3 is 0 Å². The topological polar surface area (TPSA) is 35.2 Å². The summed E-state index contributed by atoms with van der Waals surface area (Å²) in [6.45, 7) is 7.99. The molecule has 1 atom stereocenters. The van der Waals surface area contributed by atoms with Gasteiger partial charge in [0.05, 0.1) is 6.61 Å². The van der Waals surface area contributed by atoms with Crippen molar-refractivity contribution < 1.29 is 4.74 Å². The summed E-state index contributed by atoms with van der Waals surface area (Å²) in [4.78, 5) is 0. The van der Waals surface area contributed by atoms with Gasteiger partial charge in [-0.1, -0.05) is 50.2 Å². The summed E-state index contributed by atoms with van der Waals surface area (Å²) < 4.78 is 5.92. The number of ether oxygens (including phenoxy) is 1. The van der Waals surface area contributed by atoms with Crippen LogP contribution in [0.25, 0.3) is 0 Å². The maximum absolute atomic E-state index is 5.98. The lowest BCUT2D eigenvalue weighted by Gasteiger charge is -2.18. The minimum absolute atomic E-state index is 0.418. The zero-order valence-corrected chi connectivity index (χ0v) is 14.6. The molecular formula is C21H29NO. The number of hydrogen-bond donors (Lipinski definition) is 1.